The van der Waals surface area contributed by atoms with E-state index >= 15 is 0 Å². The largest absolute Gasteiger partial charge is 0.374 e. The summed E-state index contributed by atoms with van der Waals surface area (Å²) in [5, 5.41) is 0. The molecule has 1 aliphatic heterocycles. The summed E-state index contributed by atoms with van der Waals surface area (Å²) < 4.78 is 25.1. The lowest BCUT2D eigenvalue weighted by Gasteiger charge is -2.31. The van der Waals surface area contributed by atoms with E-state index in [-0.39, 0.29) is 30.6 Å². The summed E-state index contributed by atoms with van der Waals surface area (Å²) in [5.74, 6) is -0.433. The molecular formula is C20H22FN3O3. The molecule has 7 heteroatoms. The van der Waals surface area contributed by atoms with Crippen molar-refractivity contribution in [2.75, 3.05) is 13.2 Å². The molecule has 1 aliphatic carbocycles. The van der Waals surface area contributed by atoms with E-state index in [0.717, 1.165) is 24.6 Å². The molecule has 3 heterocycles. The molecule has 0 aromatic carbocycles. The van der Waals surface area contributed by atoms with Gasteiger partial charge in [-0.25, -0.2) is 4.39 Å². The van der Waals surface area contributed by atoms with Crippen molar-refractivity contribution in [2.24, 2.45) is 0 Å². The zero-order chi connectivity index (χ0) is 18.6. The van der Waals surface area contributed by atoms with Crippen LogP contribution < -0.4 is 0 Å². The number of aromatic nitrogens is 2. The first-order chi connectivity index (χ1) is 13.2. The number of halogens is 1. The average molecular weight is 371 g/mol. The molecule has 4 rings (SSSR count). The van der Waals surface area contributed by atoms with E-state index in [1.54, 1.807) is 18.5 Å². The summed E-state index contributed by atoms with van der Waals surface area (Å²) in [4.78, 5) is 22.8. The zero-order valence-electron chi connectivity index (χ0n) is 15.0. The molecule has 27 heavy (non-hydrogen) atoms. The lowest BCUT2D eigenvalue weighted by molar-refractivity contribution is -0.135. The molecule has 142 valence electrons. The third-order valence-corrected chi connectivity index (χ3v) is 5.16. The minimum Gasteiger partial charge on any atom is -0.374 e. The van der Waals surface area contributed by atoms with Crippen LogP contribution in [0.5, 0.6) is 0 Å². The van der Waals surface area contributed by atoms with Crippen molar-refractivity contribution in [1.29, 1.82) is 0 Å². The van der Waals surface area contributed by atoms with Crippen LogP contribution in [0.25, 0.3) is 0 Å². The molecule has 6 nitrogen and oxygen atoms in total. The first kappa shape index (κ1) is 18.0. The van der Waals surface area contributed by atoms with Gasteiger partial charge in [-0.2, -0.15) is 0 Å². The monoisotopic (exact) mass is 371 g/mol. The highest BCUT2D eigenvalue weighted by molar-refractivity contribution is 5.78. The number of hydrogen-bond acceptors (Lipinski definition) is 5. The van der Waals surface area contributed by atoms with Crippen LogP contribution in [0.2, 0.25) is 0 Å². The molecule has 0 spiro atoms. The quantitative estimate of drug-likeness (QED) is 0.806. The van der Waals surface area contributed by atoms with Gasteiger partial charge in [0.25, 0.3) is 0 Å². The van der Waals surface area contributed by atoms with E-state index in [1.807, 2.05) is 17.0 Å². The molecule has 3 atom stereocenters. The smallest absolute Gasteiger partial charge is 0.229 e. The number of ether oxygens (including phenoxy) is 2. The van der Waals surface area contributed by atoms with Crippen LogP contribution in [-0.4, -0.2) is 52.2 Å². The first-order valence-electron chi connectivity index (χ1n) is 9.23. The predicted octanol–water partition coefficient (Wildman–Crippen LogP) is 2.13. The predicted molar refractivity (Wildman–Crippen MR) is 95.2 cm³/mol. The molecule has 0 unspecified atom stereocenters. The number of nitrogens with zero attached hydrogens (tertiary/aromatic N) is 3. The molecule has 0 radical (unpaired) electrons. The van der Waals surface area contributed by atoms with Crippen molar-refractivity contribution < 1.29 is 18.7 Å². The fourth-order valence-electron chi connectivity index (χ4n) is 3.86. The van der Waals surface area contributed by atoms with E-state index in [9.17, 15) is 9.18 Å². The van der Waals surface area contributed by atoms with Crippen LogP contribution >= 0.6 is 0 Å². The highest BCUT2D eigenvalue weighted by atomic mass is 19.1. The Morgan fingerprint density at radius 2 is 2.22 bits per heavy atom. The van der Waals surface area contributed by atoms with Gasteiger partial charge in [0, 0.05) is 24.6 Å². The van der Waals surface area contributed by atoms with Gasteiger partial charge in [0.15, 0.2) is 0 Å². The molecule has 2 aliphatic rings. The maximum Gasteiger partial charge on any atom is 0.229 e. The molecule has 2 aromatic heterocycles. The number of amides is 1. The maximum absolute atomic E-state index is 13.0. The van der Waals surface area contributed by atoms with Gasteiger partial charge in [0.2, 0.25) is 5.91 Å². The lowest BCUT2D eigenvalue weighted by Crippen LogP contribution is -2.47. The third kappa shape index (κ3) is 4.14. The summed E-state index contributed by atoms with van der Waals surface area (Å²) in [6.07, 6.45) is 6.38. The van der Waals surface area contributed by atoms with Crippen LogP contribution in [-0.2, 0) is 27.3 Å². The Hall–Kier alpha value is -2.38. The number of rotatable bonds is 5. The fraction of sp³-hybridized carbons (Fsp3) is 0.450. The summed E-state index contributed by atoms with van der Waals surface area (Å²) in [6.45, 7) is 1.47. The summed E-state index contributed by atoms with van der Waals surface area (Å²) in [5.41, 5.74) is 1.56. The van der Waals surface area contributed by atoms with Crippen LogP contribution in [0.4, 0.5) is 4.39 Å². The normalized spacial score (nSPS) is 24.6. The van der Waals surface area contributed by atoms with E-state index in [4.69, 9.17) is 9.47 Å². The van der Waals surface area contributed by atoms with Crippen LogP contribution in [0.1, 0.15) is 24.1 Å². The van der Waals surface area contributed by atoms with E-state index < -0.39 is 5.82 Å². The molecule has 1 saturated heterocycles. The van der Waals surface area contributed by atoms with E-state index in [1.165, 1.54) is 6.07 Å². The number of hydrogen-bond donors (Lipinski definition) is 0. The van der Waals surface area contributed by atoms with Gasteiger partial charge in [-0.15, -0.1) is 0 Å². The van der Waals surface area contributed by atoms with Crippen molar-refractivity contribution in [3.8, 4) is 0 Å². The van der Waals surface area contributed by atoms with Gasteiger partial charge in [0.1, 0.15) is 11.9 Å². The first-order valence-corrected chi connectivity index (χ1v) is 9.23. The van der Waals surface area contributed by atoms with Crippen molar-refractivity contribution in [3.63, 3.8) is 0 Å². The Kier molecular flexibility index (Phi) is 5.40. The van der Waals surface area contributed by atoms with Gasteiger partial charge in [-0.3, -0.25) is 14.8 Å². The summed E-state index contributed by atoms with van der Waals surface area (Å²) in [6, 6.07) is 6.71. The van der Waals surface area contributed by atoms with Crippen LogP contribution in [0.15, 0.2) is 42.9 Å². The van der Waals surface area contributed by atoms with E-state index in [0.29, 0.717) is 25.5 Å². The van der Waals surface area contributed by atoms with Crippen molar-refractivity contribution in [1.82, 2.24) is 14.9 Å². The Bertz CT molecular complexity index is 772. The minimum atomic E-state index is -0.406. The third-order valence-electron chi connectivity index (χ3n) is 5.16. The topological polar surface area (TPSA) is 64.6 Å². The van der Waals surface area contributed by atoms with Gasteiger partial charge >= 0.3 is 0 Å². The second-order valence-corrected chi connectivity index (χ2v) is 6.92. The van der Waals surface area contributed by atoms with Crippen molar-refractivity contribution in [2.45, 2.75) is 44.1 Å². The summed E-state index contributed by atoms with van der Waals surface area (Å²) >= 11 is 0. The molecule has 2 fully saturated rings. The Morgan fingerprint density at radius 3 is 3.00 bits per heavy atom. The molecule has 0 N–H and O–H groups in total. The molecule has 2 bridgehead atoms. The average Bonchev–Trinajstić information content (AvgIpc) is 2.97. The van der Waals surface area contributed by atoms with Crippen molar-refractivity contribution >= 4 is 5.91 Å². The van der Waals surface area contributed by atoms with Gasteiger partial charge in [-0.1, -0.05) is 6.07 Å². The maximum atomic E-state index is 13.0. The fourth-order valence-corrected chi connectivity index (χ4v) is 3.86. The Morgan fingerprint density at radius 1 is 1.30 bits per heavy atom. The van der Waals surface area contributed by atoms with E-state index in [2.05, 4.69) is 9.97 Å². The Labute approximate surface area is 157 Å². The minimum absolute atomic E-state index is 0.00779. The molecule has 1 saturated carbocycles. The summed E-state index contributed by atoms with van der Waals surface area (Å²) in [7, 11) is 0. The number of carbonyl (C=O) groups is 1. The second-order valence-electron chi connectivity index (χ2n) is 6.92. The molecule has 2 aromatic rings. The number of carbonyl (C=O) groups excluding carboxylic acids is 1. The highest BCUT2D eigenvalue weighted by Gasteiger charge is 2.44. The van der Waals surface area contributed by atoms with Crippen LogP contribution in [0.3, 0.4) is 0 Å². The molecular weight excluding hydrogens is 349 g/mol. The van der Waals surface area contributed by atoms with Gasteiger partial charge < -0.3 is 14.4 Å². The zero-order valence-corrected chi connectivity index (χ0v) is 15.0. The Balaban J connectivity index is 1.44. The number of fused-ring (bicyclic) bond motifs is 2. The highest BCUT2D eigenvalue weighted by Crippen LogP contribution is 2.33. The van der Waals surface area contributed by atoms with Gasteiger partial charge in [0.05, 0.1) is 38.0 Å². The number of pyridine rings is 2. The van der Waals surface area contributed by atoms with Gasteiger partial charge in [-0.05, 0) is 36.6 Å². The molecule has 1 amide bonds. The van der Waals surface area contributed by atoms with Crippen molar-refractivity contribution in [3.05, 3.63) is 59.9 Å². The lowest BCUT2D eigenvalue weighted by atomic mass is 10.1. The second kappa shape index (κ2) is 8.10. The standard InChI is InChI=1S/C20H22FN3O3/c21-15-3-4-16(23-12-15)10-19(25)24-8-9-26-18-6-5-17(24)20(18)27-13-14-2-1-7-22-11-14/h1-4,7,11-12,17-18,20H,5-6,8-10,13H2/t17-,18-,20+/m0/s1. The van der Waals surface area contributed by atoms with Crippen LogP contribution in [0, 0.1) is 5.82 Å². The SMILES string of the molecule is O=C(Cc1ccc(F)cn1)N1CCO[C@H]2CC[C@H]1[C@H]2OCc1cccnc1.